The van der Waals surface area contributed by atoms with E-state index in [0.29, 0.717) is 13.0 Å². The Kier molecular flexibility index (Phi) is 4.35. The first kappa shape index (κ1) is 13.5. The minimum absolute atomic E-state index is 0.0832. The van der Waals surface area contributed by atoms with Crippen LogP contribution in [0.5, 0.6) is 0 Å². The van der Waals surface area contributed by atoms with Crippen molar-refractivity contribution in [3.05, 3.63) is 9.78 Å². The molecule has 0 aromatic heterocycles. The molecule has 4 nitrogen and oxygen atoms in total. The molecule has 0 radical (unpaired) electrons. The third kappa shape index (κ3) is 2.39. The minimum atomic E-state index is -0.782. The average molecular weight is 337 g/mol. The smallest absolute Gasteiger partial charge is 0.317 e. The first-order valence-electron chi connectivity index (χ1n) is 5.14. The van der Waals surface area contributed by atoms with Crippen LogP contribution < -0.4 is 0 Å². The molecule has 1 saturated heterocycles. The summed E-state index contributed by atoms with van der Waals surface area (Å²) in [4.78, 5) is 25.0. The van der Waals surface area contributed by atoms with Crippen molar-refractivity contribution in [2.24, 2.45) is 5.41 Å². The highest BCUT2D eigenvalue weighted by Gasteiger charge is 2.39. The van der Waals surface area contributed by atoms with Gasteiger partial charge in [0, 0.05) is 18.7 Å². The van der Waals surface area contributed by atoms with Gasteiger partial charge in [-0.3, -0.25) is 9.59 Å². The summed E-state index contributed by atoms with van der Waals surface area (Å²) in [6.45, 7) is 4.23. The number of nitrogens with zero attached hydrogens (tertiary/aromatic N) is 1. The van der Waals surface area contributed by atoms with Crippen LogP contribution in [0, 0.1) is 5.41 Å². The fraction of sp³-hybridized carbons (Fsp3) is 0.636. The van der Waals surface area contributed by atoms with Crippen LogP contribution in [0.25, 0.3) is 0 Å². The second-order valence-electron chi connectivity index (χ2n) is 4.26. The molecule has 1 fully saturated rings. The van der Waals surface area contributed by atoms with Gasteiger partial charge in [0.1, 0.15) is 5.41 Å². The summed E-state index contributed by atoms with van der Waals surface area (Å²) >= 11 is 2.06. The van der Waals surface area contributed by atoms with Crippen molar-refractivity contribution < 1.29 is 14.3 Å². The lowest BCUT2D eigenvalue weighted by atomic mass is 9.89. The number of hydrogen-bond donors (Lipinski definition) is 0. The standard InChI is InChI=1S/C11H16INO3/c1-11(2,10(15)16-3)8(7-12)13-6-4-5-9(13)14/h7H,4-6H2,1-3H3/b8-7-. The zero-order valence-corrected chi connectivity index (χ0v) is 11.9. The minimum Gasteiger partial charge on any atom is -0.468 e. The van der Waals surface area contributed by atoms with Crippen molar-refractivity contribution in [2.75, 3.05) is 13.7 Å². The van der Waals surface area contributed by atoms with Crippen LogP contribution in [0.2, 0.25) is 0 Å². The predicted molar refractivity (Wildman–Crippen MR) is 68.8 cm³/mol. The van der Waals surface area contributed by atoms with E-state index in [0.717, 1.165) is 12.1 Å². The van der Waals surface area contributed by atoms with Gasteiger partial charge in [0.15, 0.2) is 0 Å². The summed E-state index contributed by atoms with van der Waals surface area (Å²) in [5, 5.41) is 0. The highest BCUT2D eigenvalue weighted by molar-refractivity contribution is 14.1. The Hall–Kier alpha value is -0.590. The van der Waals surface area contributed by atoms with Gasteiger partial charge in [-0.1, -0.05) is 22.6 Å². The van der Waals surface area contributed by atoms with Crippen molar-refractivity contribution in [3.8, 4) is 0 Å². The zero-order chi connectivity index (χ0) is 12.3. The highest BCUT2D eigenvalue weighted by Crippen LogP contribution is 2.34. The Balaban J connectivity index is 2.99. The Bertz CT molecular complexity index is 336. The van der Waals surface area contributed by atoms with Crippen molar-refractivity contribution in [1.82, 2.24) is 4.90 Å². The van der Waals surface area contributed by atoms with Crippen LogP contribution in [-0.2, 0) is 14.3 Å². The van der Waals surface area contributed by atoms with Gasteiger partial charge < -0.3 is 9.64 Å². The number of halogens is 1. The number of carbonyl (C=O) groups is 2. The van der Waals surface area contributed by atoms with E-state index in [-0.39, 0.29) is 11.9 Å². The monoisotopic (exact) mass is 337 g/mol. The molecule has 0 atom stereocenters. The van der Waals surface area contributed by atoms with E-state index in [9.17, 15) is 9.59 Å². The Morgan fingerprint density at radius 2 is 2.19 bits per heavy atom. The lowest BCUT2D eigenvalue weighted by Crippen LogP contribution is -2.38. The summed E-state index contributed by atoms with van der Waals surface area (Å²) in [6.07, 6.45) is 1.41. The van der Waals surface area contributed by atoms with E-state index in [1.165, 1.54) is 7.11 Å². The maximum Gasteiger partial charge on any atom is 0.317 e. The Labute approximate surface area is 109 Å². The molecular formula is C11H16INO3. The normalized spacial score (nSPS) is 17.9. The average Bonchev–Trinajstić information content (AvgIpc) is 2.64. The Morgan fingerprint density at radius 3 is 2.56 bits per heavy atom. The van der Waals surface area contributed by atoms with Crippen LogP contribution in [0.4, 0.5) is 0 Å². The summed E-state index contributed by atoms with van der Waals surface area (Å²) in [6, 6.07) is 0. The van der Waals surface area contributed by atoms with Crippen LogP contribution in [0.3, 0.4) is 0 Å². The zero-order valence-electron chi connectivity index (χ0n) is 9.75. The summed E-state index contributed by atoms with van der Waals surface area (Å²) in [5.41, 5.74) is -0.0573. The van der Waals surface area contributed by atoms with E-state index in [2.05, 4.69) is 22.6 Å². The van der Waals surface area contributed by atoms with Gasteiger partial charge >= 0.3 is 5.97 Å². The Morgan fingerprint density at radius 1 is 1.56 bits per heavy atom. The first-order chi connectivity index (χ1) is 7.45. The van der Waals surface area contributed by atoms with Crippen LogP contribution in [0.1, 0.15) is 26.7 Å². The molecule has 16 heavy (non-hydrogen) atoms. The van der Waals surface area contributed by atoms with Crippen molar-refractivity contribution in [2.45, 2.75) is 26.7 Å². The number of ether oxygens (including phenoxy) is 1. The molecule has 1 aliphatic heterocycles. The predicted octanol–water partition coefficient (Wildman–Crippen LogP) is 2.08. The molecule has 0 saturated carbocycles. The van der Waals surface area contributed by atoms with Gasteiger partial charge in [0.2, 0.25) is 5.91 Å². The molecule has 0 aromatic carbocycles. The number of likely N-dealkylation sites (tertiary alicyclic amines) is 1. The lowest BCUT2D eigenvalue weighted by Gasteiger charge is -2.31. The summed E-state index contributed by atoms with van der Waals surface area (Å²) < 4.78 is 6.56. The molecular weight excluding hydrogens is 321 g/mol. The van der Waals surface area contributed by atoms with Gasteiger partial charge in [0.05, 0.1) is 7.11 Å². The molecule has 0 bridgehead atoms. The van der Waals surface area contributed by atoms with Crippen LogP contribution >= 0.6 is 22.6 Å². The maximum absolute atomic E-state index is 11.7. The van der Waals surface area contributed by atoms with Gasteiger partial charge in [-0.25, -0.2) is 0 Å². The topological polar surface area (TPSA) is 46.6 Å². The molecule has 1 rings (SSSR count). The quantitative estimate of drug-likeness (QED) is 0.585. The van der Waals surface area contributed by atoms with E-state index >= 15 is 0 Å². The number of amides is 1. The first-order valence-corrected chi connectivity index (χ1v) is 6.39. The third-order valence-corrected chi connectivity index (χ3v) is 3.39. The van der Waals surface area contributed by atoms with E-state index in [1.807, 2.05) is 0 Å². The molecule has 1 aliphatic rings. The van der Waals surface area contributed by atoms with Crippen LogP contribution in [0.15, 0.2) is 9.78 Å². The van der Waals surface area contributed by atoms with Crippen molar-refractivity contribution in [3.63, 3.8) is 0 Å². The number of hydrogen-bond acceptors (Lipinski definition) is 3. The highest BCUT2D eigenvalue weighted by atomic mass is 127. The van der Waals surface area contributed by atoms with Gasteiger partial charge in [-0.2, -0.15) is 0 Å². The van der Waals surface area contributed by atoms with Crippen molar-refractivity contribution in [1.29, 1.82) is 0 Å². The molecule has 90 valence electrons. The van der Waals surface area contributed by atoms with E-state index < -0.39 is 5.41 Å². The fourth-order valence-electron chi connectivity index (χ4n) is 1.80. The molecule has 0 aromatic rings. The molecule has 5 heteroatoms. The van der Waals surface area contributed by atoms with E-state index in [4.69, 9.17) is 4.74 Å². The third-order valence-electron chi connectivity index (χ3n) is 2.80. The summed E-state index contributed by atoms with van der Waals surface area (Å²) in [5.74, 6) is -0.241. The van der Waals surface area contributed by atoms with E-state index in [1.54, 1.807) is 22.8 Å². The second kappa shape index (κ2) is 5.16. The molecule has 1 amide bonds. The van der Waals surface area contributed by atoms with Crippen molar-refractivity contribution >= 4 is 34.5 Å². The van der Waals surface area contributed by atoms with Gasteiger partial charge in [-0.05, 0) is 24.4 Å². The molecule has 0 spiro atoms. The van der Waals surface area contributed by atoms with Gasteiger partial charge in [-0.15, -0.1) is 0 Å². The maximum atomic E-state index is 11.7. The largest absolute Gasteiger partial charge is 0.468 e. The molecule has 0 unspecified atom stereocenters. The number of methoxy groups -OCH3 is 1. The summed E-state index contributed by atoms with van der Waals surface area (Å²) in [7, 11) is 1.36. The molecule has 1 heterocycles. The lowest BCUT2D eigenvalue weighted by molar-refractivity contribution is -0.149. The van der Waals surface area contributed by atoms with Crippen LogP contribution in [-0.4, -0.2) is 30.4 Å². The molecule has 0 aliphatic carbocycles. The second-order valence-corrected chi connectivity index (χ2v) is 4.88. The SMILES string of the molecule is COC(=O)C(C)(C)/C(=C/I)N1CCCC1=O. The number of carbonyl (C=O) groups excluding carboxylic acids is 2. The van der Waals surface area contributed by atoms with Gasteiger partial charge in [0.25, 0.3) is 0 Å². The molecule has 0 N–H and O–H groups in total. The fourth-order valence-corrected chi connectivity index (χ4v) is 2.91. The number of esters is 1. The number of rotatable bonds is 3.